The summed E-state index contributed by atoms with van der Waals surface area (Å²) in [6.07, 6.45) is -0.0601. The van der Waals surface area contributed by atoms with Gasteiger partial charge in [-0.3, -0.25) is 10.1 Å². The molecule has 0 saturated heterocycles. The molecule has 0 saturated carbocycles. The number of anilines is 3. The predicted octanol–water partition coefficient (Wildman–Crippen LogP) is 6.48. The Morgan fingerprint density at radius 2 is 1.98 bits per heavy atom. The number of amides is 2. The first-order valence-electron chi connectivity index (χ1n) is 14.3. The minimum absolute atomic E-state index is 0.0784. The molecule has 4 aromatic rings. The number of pyridine rings is 1. The van der Waals surface area contributed by atoms with Crippen LogP contribution in [0.25, 0.3) is 10.8 Å². The van der Waals surface area contributed by atoms with Crippen molar-refractivity contribution in [1.29, 1.82) is 0 Å². The number of nitrogens with two attached hydrogens (primary N) is 1. The van der Waals surface area contributed by atoms with Crippen molar-refractivity contribution in [2.45, 2.75) is 45.4 Å². The number of rotatable bonds is 5. The van der Waals surface area contributed by atoms with Gasteiger partial charge in [-0.15, -0.1) is 0 Å². The molecule has 0 spiro atoms. The number of halogens is 2. The van der Waals surface area contributed by atoms with Gasteiger partial charge >= 0.3 is 6.09 Å². The summed E-state index contributed by atoms with van der Waals surface area (Å²) in [4.78, 5) is 32.4. The molecule has 0 unspecified atom stereocenters. The van der Waals surface area contributed by atoms with Crippen molar-refractivity contribution in [2.75, 3.05) is 36.7 Å². The lowest BCUT2D eigenvalue weighted by Crippen LogP contribution is -2.35. The van der Waals surface area contributed by atoms with Crippen LogP contribution in [0.1, 0.15) is 48.1 Å². The van der Waals surface area contributed by atoms with Crippen molar-refractivity contribution < 1.29 is 27.8 Å². The third kappa shape index (κ3) is 6.51. The number of fused-ring (bicyclic) bond motifs is 10. The second kappa shape index (κ2) is 12.7. The maximum Gasteiger partial charge on any atom is 0.411 e. The van der Waals surface area contributed by atoms with Gasteiger partial charge in [0.1, 0.15) is 24.6 Å². The van der Waals surface area contributed by atoms with E-state index in [9.17, 15) is 14.0 Å². The second-order valence-electron chi connectivity index (χ2n) is 11.2. The molecule has 2 aliphatic heterocycles. The number of benzene rings is 3. The summed E-state index contributed by atoms with van der Waals surface area (Å²) in [7, 11) is 1.59. The standard InChI is InChI=1S/C33H35F2N5O4/c1-18-11-22-5-7-26(18)19(2)17-43-33(42)39-25-13-23(30(28(35)14-25)44-20(3)15-34)16-40(4)32(41)29(22)38-24-6-8-27-21(12-24)9-10-37-31(27)36/h5-14,19-20,29,38H,15-17H2,1-4H3,(H2,36,37)(H,39,42)/t19-,20-,29+/m0/s1. The second-order valence-corrected chi connectivity index (χ2v) is 11.2. The van der Waals surface area contributed by atoms with E-state index in [0.717, 1.165) is 28.0 Å². The Morgan fingerprint density at radius 1 is 1.18 bits per heavy atom. The van der Waals surface area contributed by atoms with E-state index < -0.39 is 30.7 Å². The molecule has 2 aliphatic rings. The zero-order valence-corrected chi connectivity index (χ0v) is 25.0. The van der Waals surface area contributed by atoms with E-state index in [4.69, 9.17) is 15.2 Å². The molecule has 0 radical (unpaired) electrons. The average molecular weight is 604 g/mol. The van der Waals surface area contributed by atoms with Gasteiger partial charge in [0.25, 0.3) is 0 Å². The minimum atomic E-state index is -0.930. The Morgan fingerprint density at radius 3 is 2.73 bits per heavy atom. The van der Waals surface area contributed by atoms with Crippen LogP contribution in [0.5, 0.6) is 5.75 Å². The first kappa shape index (κ1) is 30.5. The van der Waals surface area contributed by atoms with E-state index in [1.165, 1.54) is 17.9 Å². The Kier molecular flexibility index (Phi) is 8.84. The summed E-state index contributed by atoms with van der Waals surface area (Å²) in [5.74, 6) is -1.07. The van der Waals surface area contributed by atoms with E-state index in [1.807, 2.05) is 56.3 Å². The Bertz CT molecular complexity index is 1720. The van der Waals surface area contributed by atoms with E-state index in [0.29, 0.717) is 17.1 Å². The zero-order valence-electron chi connectivity index (χ0n) is 25.0. The van der Waals surface area contributed by atoms with Crippen molar-refractivity contribution in [2.24, 2.45) is 0 Å². The molecule has 230 valence electrons. The van der Waals surface area contributed by atoms with Crippen molar-refractivity contribution in [3.8, 4) is 5.75 Å². The predicted molar refractivity (Wildman–Crippen MR) is 166 cm³/mol. The van der Waals surface area contributed by atoms with Crippen LogP contribution in [0.15, 0.2) is 60.8 Å². The molecule has 4 bridgehead atoms. The molecular formula is C33H35F2N5O4. The van der Waals surface area contributed by atoms with Crippen LogP contribution in [0.4, 0.5) is 30.8 Å². The van der Waals surface area contributed by atoms with Crippen LogP contribution >= 0.6 is 0 Å². The largest absolute Gasteiger partial charge is 0.485 e. The van der Waals surface area contributed by atoms with Crippen LogP contribution in [0, 0.1) is 12.7 Å². The minimum Gasteiger partial charge on any atom is -0.485 e. The third-order valence-electron chi connectivity index (χ3n) is 7.66. The number of ether oxygens (including phenoxy) is 2. The third-order valence-corrected chi connectivity index (χ3v) is 7.66. The smallest absolute Gasteiger partial charge is 0.411 e. The van der Waals surface area contributed by atoms with Crippen molar-refractivity contribution in [3.05, 3.63) is 88.9 Å². The number of nitrogens with one attached hydrogen (secondary N) is 2. The number of hydrogen-bond acceptors (Lipinski definition) is 7. The van der Waals surface area contributed by atoms with Crippen LogP contribution in [-0.4, -0.2) is 48.3 Å². The molecule has 6 rings (SSSR count). The van der Waals surface area contributed by atoms with Crippen LogP contribution in [-0.2, 0) is 16.1 Å². The lowest BCUT2D eigenvalue weighted by atomic mass is 9.93. The number of aryl methyl sites for hydroxylation is 1. The highest BCUT2D eigenvalue weighted by Crippen LogP contribution is 2.33. The van der Waals surface area contributed by atoms with Crippen LogP contribution in [0.3, 0.4) is 0 Å². The normalized spacial score (nSPS) is 18.1. The first-order valence-corrected chi connectivity index (χ1v) is 14.3. The van der Waals surface area contributed by atoms with Gasteiger partial charge in [-0.1, -0.05) is 25.1 Å². The topological polar surface area (TPSA) is 119 Å². The zero-order chi connectivity index (χ0) is 31.5. The molecule has 3 heterocycles. The summed E-state index contributed by atoms with van der Waals surface area (Å²) >= 11 is 0. The Labute approximate surface area is 254 Å². The molecule has 0 aliphatic carbocycles. The summed E-state index contributed by atoms with van der Waals surface area (Å²) in [6, 6.07) is 14.9. The summed E-state index contributed by atoms with van der Waals surface area (Å²) < 4.78 is 39.7. The molecule has 44 heavy (non-hydrogen) atoms. The lowest BCUT2D eigenvalue weighted by Gasteiger charge is -2.28. The van der Waals surface area contributed by atoms with Gasteiger partial charge in [-0.05, 0) is 66.3 Å². The maximum absolute atomic E-state index is 15.3. The summed E-state index contributed by atoms with van der Waals surface area (Å²) in [5, 5.41) is 7.58. The van der Waals surface area contributed by atoms with Crippen LogP contribution in [0.2, 0.25) is 0 Å². The number of carbonyl (C=O) groups is 2. The molecule has 3 atom stereocenters. The highest BCUT2D eigenvalue weighted by atomic mass is 19.1. The molecule has 11 heteroatoms. The number of carbonyl (C=O) groups excluding carboxylic acids is 2. The molecular weight excluding hydrogens is 568 g/mol. The Balaban J connectivity index is 1.58. The van der Waals surface area contributed by atoms with Gasteiger partial charge < -0.3 is 25.4 Å². The Hall–Kier alpha value is -4.93. The summed E-state index contributed by atoms with van der Waals surface area (Å²) in [5.41, 5.74) is 9.67. The monoisotopic (exact) mass is 603 g/mol. The maximum atomic E-state index is 15.3. The van der Waals surface area contributed by atoms with Gasteiger partial charge in [-0.25, -0.2) is 18.6 Å². The fourth-order valence-electron chi connectivity index (χ4n) is 5.38. The van der Waals surface area contributed by atoms with Gasteiger partial charge in [0.2, 0.25) is 5.91 Å². The van der Waals surface area contributed by atoms with E-state index in [1.54, 1.807) is 13.2 Å². The van der Waals surface area contributed by atoms with Crippen LogP contribution < -0.4 is 21.1 Å². The lowest BCUT2D eigenvalue weighted by molar-refractivity contribution is -0.131. The van der Waals surface area contributed by atoms with Gasteiger partial charge in [0.05, 0.1) is 6.61 Å². The summed E-state index contributed by atoms with van der Waals surface area (Å²) in [6.45, 7) is 4.49. The van der Waals surface area contributed by atoms with E-state index in [-0.39, 0.29) is 42.0 Å². The molecule has 9 nitrogen and oxygen atoms in total. The molecule has 3 aromatic carbocycles. The van der Waals surface area contributed by atoms with Crippen molar-refractivity contribution >= 4 is 40.0 Å². The quantitative estimate of drug-likeness (QED) is 0.239. The van der Waals surface area contributed by atoms with Gasteiger partial charge in [0.15, 0.2) is 11.6 Å². The van der Waals surface area contributed by atoms with Gasteiger partial charge in [0, 0.05) is 54.1 Å². The van der Waals surface area contributed by atoms with Crippen molar-refractivity contribution in [1.82, 2.24) is 9.88 Å². The number of hydrogen-bond donors (Lipinski definition) is 3. The van der Waals surface area contributed by atoms with Crippen molar-refractivity contribution in [3.63, 3.8) is 0 Å². The first-order chi connectivity index (χ1) is 21.0. The van der Waals surface area contributed by atoms with E-state index >= 15 is 4.39 Å². The molecule has 4 N–H and O–H groups in total. The fourth-order valence-corrected chi connectivity index (χ4v) is 5.38. The number of alkyl halides is 1. The average Bonchev–Trinajstić information content (AvgIpc) is 2.99. The highest BCUT2D eigenvalue weighted by Gasteiger charge is 2.28. The van der Waals surface area contributed by atoms with Gasteiger partial charge in [-0.2, -0.15) is 0 Å². The molecule has 1 aromatic heterocycles. The SMILES string of the molecule is Cc1cc2ccc1[C@@H](C)COC(=O)Nc1cc(F)c(O[C@@H](C)CF)c(c1)CN(C)C(=O)[C@@H]2Nc1ccc2c(N)nccc2c1. The number of nitrogens with zero attached hydrogens (tertiary/aromatic N) is 2. The highest BCUT2D eigenvalue weighted by molar-refractivity contribution is 5.94. The molecule has 2 amide bonds. The molecule has 0 fully saturated rings. The van der Waals surface area contributed by atoms with E-state index in [2.05, 4.69) is 15.6 Å². The number of nitrogen functional groups attached to an aromatic ring is 1. The number of likely N-dealkylation sites (N-methyl/N-ethyl adjacent to an activating group) is 1. The number of aromatic nitrogens is 1. The fraction of sp³-hybridized carbons (Fsp3) is 0.303.